The molecule has 0 aliphatic heterocycles. The fraction of sp³-hybridized carbons (Fsp3) is 0.188. The minimum atomic E-state index is -2.47. The highest BCUT2D eigenvalue weighted by Crippen LogP contribution is 2.28. The van der Waals surface area contributed by atoms with Crippen molar-refractivity contribution in [3.8, 4) is 10.7 Å². The van der Waals surface area contributed by atoms with Gasteiger partial charge in [-0.1, -0.05) is 29.6 Å². The SMILES string of the molecule is C[C@H](Sc1n[nH]c(-c2cccs2)n1)C(=O)Nc1ccc(SC(F)F)cc1. The van der Waals surface area contributed by atoms with E-state index in [1.165, 1.54) is 11.8 Å². The van der Waals surface area contributed by atoms with E-state index in [4.69, 9.17) is 0 Å². The average Bonchev–Trinajstić information content (AvgIpc) is 3.27. The number of halogens is 2. The van der Waals surface area contributed by atoms with Crippen molar-refractivity contribution in [3.63, 3.8) is 0 Å². The molecule has 2 heterocycles. The van der Waals surface area contributed by atoms with Gasteiger partial charge in [-0.2, -0.15) is 8.78 Å². The number of hydrogen-bond donors (Lipinski definition) is 2. The lowest BCUT2D eigenvalue weighted by molar-refractivity contribution is -0.115. The lowest BCUT2D eigenvalue weighted by Gasteiger charge is -2.10. The molecule has 0 saturated carbocycles. The number of H-pyrrole nitrogens is 1. The van der Waals surface area contributed by atoms with Crippen LogP contribution in [0.5, 0.6) is 0 Å². The molecule has 0 radical (unpaired) electrons. The van der Waals surface area contributed by atoms with Crippen molar-refractivity contribution in [1.29, 1.82) is 0 Å². The van der Waals surface area contributed by atoms with Crippen molar-refractivity contribution in [2.45, 2.75) is 28.0 Å². The predicted molar refractivity (Wildman–Crippen MR) is 102 cm³/mol. The largest absolute Gasteiger partial charge is 0.325 e. The fourth-order valence-electron chi connectivity index (χ4n) is 2.00. The van der Waals surface area contributed by atoms with E-state index >= 15 is 0 Å². The van der Waals surface area contributed by atoms with Gasteiger partial charge in [0.15, 0.2) is 5.82 Å². The molecule has 5 nitrogen and oxygen atoms in total. The first-order valence-electron chi connectivity index (χ1n) is 7.50. The van der Waals surface area contributed by atoms with Gasteiger partial charge >= 0.3 is 0 Å². The number of carbonyl (C=O) groups excluding carboxylic acids is 1. The van der Waals surface area contributed by atoms with E-state index in [2.05, 4.69) is 20.5 Å². The third-order valence-corrected chi connectivity index (χ3v) is 5.78. The highest BCUT2D eigenvalue weighted by Gasteiger charge is 2.18. The van der Waals surface area contributed by atoms with Gasteiger partial charge in [-0.15, -0.1) is 16.4 Å². The number of thioether (sulfide) groups is 2. The Kier molecular flexibility index (Phi) is 6.28. The van der Waals surface area contributed by atoms with Gasteiger partial charge in [-0.3, -0.25) is 9.89 Å². The lowest BCUT2D eigenvalue weighted by atomic mass is 10.3. The molecule has 10 heteroatoms. The van der Waals surface area contributed by atoms with E-state index in [-0.39, 0.29) is 5.91 Å². The highest BCUT2D eigenvalue weighted by atomic mass is 32.2. The smallest absolute Gasteiger partial charge is 0.288 e. The Morgan fingerprint density at radius 1 is 1.23 bits per heavy atom. The molecular weight excluding hydrogens is 398 g/mol. The summed E-state index contributed by atoms with van der Waals surface area (Å²) < 4.78 is 24.6. The number of nitrogens with zero attached hydrogens (tertiary/aromatic N) is 2. The number of amides is 1. The summed E-state index contributed by atoms with van der Waals surface area (Å²) >= 11 is 3.25. The molecule has 0 spiro atoms. The summed E-state index contributed by atoms with van der Waals surface area (Å²) in [5.41, 5.74) is 0.551. The van der Waals surface area contributed by atoms with Gasteiger partial charge in [0.2, 0.25) is 11.1 Å². The third-order valence-electron chi connectivity index (χ3n) is 3.22. The number of aromatic nitrogens is 3. The number of thiophene rings is 1. The van der Waals surface area contributed by atoms with Gasteiger partial charge in [0.25, 0.3) is 5.76 Å². The lowest BCUT2D eigenvalue weighted by Crippen LogP contribution is -2.22. The Morgan fingerprint density at radius 2 is 2.00 bits per heavy atom. The molecule has 3 aromatic rings. The van der Waals surface area contributed by atoms with Crippen LogP contribution >= 0.6 is 34.9 Å². The molecule has 0 fully saturated rings. The number of anilines is 1. The summed E-state index contributed by atoms with van der Waals surface area (Å²) in [7, 11) is 0. The number of carbonyl (C=O) groups is 1. The zero-order valence-electron chi connectivity index (χ0n) is 13.5. The van der Waals surface area contributed by atoms with Crippen LogP contribution in [0.25, 0.3) is 10.7 Å². The summed E-state index contributed by atoms with van der Waals surface area (Å²) in [4.78, 5) is 18.1. The van der Waals surface area contributed by atoms with E-state index < -0.39 is 11.0 Å². The van der Waals surface area contributed by atoms with Crippen LogP contribution in [0, 0.1) is 0 Å². The Labute approximate surface area is 161 Å². The van der Waals surface area contributed by atoms with E-state index in [0.717, 1.165) is 4.88 Å². The Hall–Kier alpha value is -1.91. The minimum absolute atomic E-state index is 0.216. The molecule has 0 aliphatic rings. The van der Waals surface area contributed by atoms with Crippen LogP contribution in [0.15, 0.2) is 51.8 Å². The van der Waals surface area contributed by atoms with Crippen molar-refractivity contribution in [3.05, 3.63) is 41.8 Å². The normalized spacial score (nSPS) is 12.3. The summed E-state index contributed by atoms with van der Waals surface area (Å²) in [6, 6.07) is 10.2. The van der Waals surface area contributed by atoms with Crippen LogP contribution in [0.4, 0.5) is 14.5 Å². The van der Waals surface area contributed by atoms with Crippen LogP contribution in [0.3, 0.4) is 0 Å². The first-order valence-corrected chi connectivity index (χ1v) is 10.1. The van der Waals surface area contributed by atoms with Gasteiger partial charge in [0.05, 0.1) is 10.1 Å². The van der Waals surface area contributed by atoms with Crippen LogP contribution in [0.1, 0.15) is 6.92 Å². The van der Waals surface area contributed by atoms with Gasteiger partial charge in [-0.05, 0) is 42.6 Å². The summed E-state index contributed by atoms with van der Waals surface area (Å²) in [6.07, 6.45) is 0. The maximum Gasteiger partial charge on any atom is 0.288 e. The highest BCUT2D eigenvalue weighted by molar-refractivity contribution is 8.00. The molecule has 1 aromatic carbocycles. The van der Waals surface area contributed by atoms with E-state index in [0.29, 0.717) is 33.3 Å². The van der Waals surface area contributed by atoms with Crippen LogP contribution in [0.2, 0.25) is 0 Å². The Balaban J connectivity index is 1.56. The number of alkyl halides is 2. The van der Waals surface area contributed by atoms with Crippen molar-refractivity contribution in [2.75, 3.05) is 5.32 Å². The molecule has 136 valence electrons. The maximum atomic E-state index is 12.3. The number of benzene rings is 1. The topological polar surface area (TPSA) is 70.7 Å². The van der Waals surface area contributed by atoms with Crippen LogP contribution < -0.4 is 5.32 Å². The second-order valence-electron chi connectivity index (χ2n) is 5.10. The molecule has 1 amide bonds. The molecule has 3 rings (SSSR count). The predicted octanol–water partition coefficient (Wildman–Crippen LogP) is 4.97. The second kappa shape index (κ2) is 8.65. The number of rotatable bonds is 7. The van der Waals surface area contributed by atoms with Crippen LogP contribution in [-0.2, 0) is 4.79 Å². The average molecular weight is 413 g/mol. The zero-order valence-corrected chi connectivity index (χ0v) is 15.9. The summed E-state index contributed by atoms with van der Waals surface area (Å²) in [5.74, 6) is -2.01. The third kappa shape index (κ3) is 5.05. The Bertz CT molecular complexity index is 853. The van der Waals surface area contributed by atoms with Crippen molar-refractivity contribution in [2.24, 2.45) is 0 Å². The minimum Gasteiger partial charge on any atom is -0.325 e. The molecular formula is C16H14F2N4OS3. The Morgan fingerprint density at radius 3 is 2.65 bits per heavy atom. The van der Waals surface area contributed by atoms with E-state index in [1.807, 2.05) is 17.5 Å². The first-order chi connectivity index (χ1) is 12.5. The second-order valence-corrected chi connectivity index (χ2v) is 8.42. The summed E-state index contributed by atoms with van der Waals surface area (Å²) in [5, 5.41) is 11.8. The van der Waals surface area contributed by atoms with Gasteiger partial charge < -0.3 is 5.32 Å². The summed E-state index contributed by atoms with van der Waals surface area (Å²) in [6.45, 7) is 1.75. The van der Waals surface area contributed by atoms with Gasteiger partial charge in [-0.25, -0.2) is 4.98 Å². The molecule has 2 N–H and O–H groups in total. The standard InChI is InChI=1S/C16H14F2N4OS3/c1-9(25-16-20-13(21-22-16)12-3-2-8-24-12)14(23)19-10-4-6-11(7-5-10)26-15(17)18/h2-9,15H,1H3,(H,19,23)(H,20,21,22)/t9-/m0/s1. The van der Waals surface area contributed by atoms with Crippen LogP contribution in [-0.4, -0.2) is 32.1 Å². The van der Waals surface area contributed by atoms with Crippen molar-refractivity contribution in [1.82, 2.24) is 15.2 Å². The molecule has 1 atom stereocenters. The van der Waals surface area contributed by atoms with Gasteiger partial charge in [0, 0.05) is 10.6 Å². The number of aromatic amines is 1. The molecule has 0 aliphatic carbocycles. The molecule has 0 bridgehead atoms. The molecule has 0 saturated heterocycles. The molecule has 26 heavy (non-hydrogen) atoms. The number of nitrogens with one attached hydrogen (secondary N) is 2. The van der Waals surface area contributed by atoms with E-state index in [1.54, 1.807) is 42.5 Å². The molecule has 0 unspecified atom stereocenters. The van der Waals surface area contributed by atoms with E-state index in [9.17, 15) is 13.6 Å². The number of hydrogen-bond acceptors (Lipinski definition) is 6. The monoisotopic (exact) mass is 412 g/mol. The first kappa shape index (κ1) is 18.9. The zero-order chi connectivity index (χ0) is 18.5. The molecule has 2 aromatic heterocycles. The maximum absolute atomic E-state index is 12.3. The fourth-order valence-corrected chi connectivity index (χ4v) is 3.89. The van der Waals surface area contributed by atoms with Crippen molar-refractivity contribution < 1.29 is 13.6 Å². The van der Waals surface area contributed by atoms with Gasteiger partial charge in [0.1, 0.15) is 0 Å². The quantitative estimate of drug-likeness (QED) is 0.536. The van der Waals surface area contributed by atoms with Crippen molar-refractivity contribution >= 4 is 46.5 Å².